The molecule has 0 saturated heterocycles. The van der Waals surface area contributed by atoms with Crippen molar-refractivity contribution in [3.05, 3.63) is 95.7 Å². The molecule has 0 fully saturated rings. The molecule has 0 unspecified atom stereocenters. The number of H-pyrrole nitrogens is 1. The minimum absolute atomic E-state index is 0.0354. The third-order valence-electron chi connectivity index (χ3n) is 4.03. The predicted octanol–water partition coefficient (Wildman–Crippen LogP) is 3.56. The summed E-state index contributed by atoms with van der Waals surface area (Å²) in [6.07, 6.45) is 1.12. The molecule has 8 heteroatoms. The van der Waals surface area contributed by atoms with E-state index in [4.69, 9.17) is 11.6 Å². The van der Waals surface area contributed by atoms with Gasteiger partial charge in [0.15, 0.2) is 0 Å². The lowest BCUT2D eigenvalue weighted by Crippen LogP contribution is -2.39. The molecule has 0 spiro atoms. The molecule has 0 radical (unpaired) electrons. The van der Waals surface area contributed by atoms with Crippen LogP contribution in [-0.2, 0) is 6.54 Å². The summed E-state index contributed by atoms with van der Waals surface area (Å²) >= 11 is 9.47. The van der Waals surface area contributed by atoms with Gasteiger partial charge in [0.25, 0.3) is 11.5 Å². The quantitative estimate of drug-likeness (QED) is 0.640. The molecule has 27 heavy (non-hydrogen) atoms. The van der Waals surface area contributed by atoms with E-state index in [9.17, 15) is 14.4 Å². The van der Waals surface area contributed by atoms with Crippen molar-refractivity contribution in [1.82, 2.24) is 9.55 Å². The van der Waals surface area contributed by atoms with Crippen LogP contribution < -0.4 is 16.6 Å². The van der Waals surface area contributed by atoms with Gasteiger partial charge in [-0.2, -0.15) is 0 Å². The van der Waals surface area contributed by atoms with Gasteiger partial charge in [-0.05, 0) is 42.3 Å². The van der Waals surface area contributed by atoms with Gasteiger partial charge < -0.3 is 10.3 Å². The second-order valence-corrected chi connectivity index (χ2v) is 7.23. The second kappa shape index (κ2) is 7.94. The van der Waals surface area contributed by atoms with Crippen molar-refractivity contribution in [3.8, 4) is 0 Å². The highest BCUT2D eigenvalue weighted by Crippen LogP contribution is 2.20. The fourth-order valence-electron chi connectivity index (χ4n) is 2.57. The Bertz CT molecular complexity index is 1140. The molecular formula is C19H15BrClN3O3. The number of anilines is 1. The number of hydrogen-bond acceptors (Lipinski definition) is 3. The number of aromatic nitrogens is 2. The monoisotopic (exact) mass is 447 g/mol. The summed E-state index contributed by atoms with van der Waals surface area (Å²) < 4.78 is 1.83. The van der Waals surface area contributed by atoms with Crippen LogP contribution in [0.5, 0.6) is 0 Å². The van der Waals surface area contributed by atoms with Gasteiger partial charge in [-0.3, -0.25) is 14.2 Å². The van der Waals surface area contributed by atoms with E-state index in [1.54, 1.807) is 36.4 Å². The lowest BCUT2D eigenvalue weighted by molar-refractivity contribution is 0.102. The Labute approximate surface area is 167 Å². The number of hydrogen-bond donors (Lipinski definition) is 2. The van der Waals surface area contributed by atoms with Gasteiger partial charge in [-0.25, -0.2) is 4.79 Å². The number of benzene rings is 2. The third-order valence-corrected chi connectivity index (χ3v) is 4.89. The number of nitrogens with zero attached hydrogens (tertiary/aromatic N) is 1. The normalized spacial score (nSPS) is 10.6. The van der Waals surface area contributed by atoms with E-state index in [1.807, 2.05) is 13.0 Å². The average molecular weight is 449 g/mol. The molecule has 1 amide bonds. The van der Waals surface area contributed by atoms with Crippen molar-refractivity contribution in [2.75, 3.05) is 5.32 Å². The highest BCUT2D eigenvalue weighted by molar-refractivity contribution is 9.10. The molecule has 6 nitrogen and oxygen atoms in total. The summed E-state index contributed by atoms with van der Waals surface area (Å²) in [7, 11) is 0. The van der Waals surface area contributed by atoms with E-state index in [1.165, 1.54) is 0 Å². The van der Waals surface area contributed by atoms with E-state index >= 15 is 0 Å². The van der Waals surface area contributed by atoms with Crippen molar-refractivity contribution in [2.45, 2.75) is 13.5 Å². The van der Waals surface area contributed by atoms with Crippen molar-refractivity contribution < 1.29 is 4.79 Å². The van der Waals surface area contributed by atoms with E-state index in [0.717, 1.165) is 20.8 Å². The summed E-state index contributed by atoms with van der Waals surface area (Å²) in [4.78, 5) is 39.8. The zero-order valence-corrected chi connectivity index (χ0v) is 16.6. The maximum absolute atomic E-state index is 12.7. The molecule has 1 heterocycles. The SMILES string of the molecule is Cc1cc(Br)ccc1NC(=O)c1c[nH]c(=O)n(Cc2ccccc2Cl)c1=O. The summed E-state index contributed by atoms with van der Waals surface area (Å²) in [5, 5.41) is 3.13. The molecule has 0 bridgehead atoms. The third kappa shape index (κ3) is 4.20. The van der Waals surface area contributed by atoms with Crippen molar-refractivity contribution in [1.29, 1.82) is 0 Å². The van der Waals surface area contributed by atoms with E-state index < -0.39 is 17.2 Å². The van der Waals surface area contributed by atoms with E-state index in [-0.39, 0.29) is 12.1 Å². The zero-order valence-electron chi connectivity index (χ0n) is 14.3. The minimum Gasteiger partial charge on any atom is -0.322 e. The summed E-state index contributed by atoms with van der Waals surface area (Å²) in [5.74, 6) is -0.602. The number of aryl methyl sites for hydroxylation is 1. The summed E-state index contributed by atoms with van der Waals surface area (Å²) in [6, 6.07) is 12.3. The van der Waals surface area contributed by atoms with Crippen LogP contribution in [0.15, 0.2) is 62.7 Å². The molecule has 0 aliphatic heterocycles. The van der Waals surface area contributed by atoms with E-state index in [2.05, 4.69) is 26.2 Å². The van der Waals surface area contributed by atoms with Gasteiger partial charge in [0.1, 0.15) is 5.56 Å². The Morgan fingerprint density at radius 3 is 2.67 bits per heavy atom. The van der Waals surface area contributed by atoms with Crippen molar-refractivity contribution >= 4 is 39.1 Å². The number of carbonyl (C=O) groups excluding carboxylic acids is 1. The molecule has 2 N–H and O–H groups in total. The first-order valence-corrected chi connectivity index (χ1v) is 9.17. The highest BCUT2D eigenvalue weighted by Gasteiger charge is 2.16. The number of carbonyl (C=O) groups is 1. The number of aromatic amines is 1. The van der Waals surface area contributed by atoms with Crippen LogP contribution in [-0.4, -0.2) is 15.5 Å². The van der Waals surface area contributed by atoms with Gasteiger partial charge in [0.05, 0.1) is 6.54 Å². The molecule has 3 aromatic rings. The maximum Gasteiger partial charge on any atom is 0.328 e. The molecule has 3 rings (SSSR count). The molecular weight excluding hydrogens is 434 g/mol. The lowest BCUT2D eigenvalue weighted by Gasteiger charge is -2.10. The lowest BCUT2D eigenvalue weighted by atomic mass is 10.2. The first-order valence-electron chi connectivity index (χ1n) is 8.00. The van der Waals surface area contributed by atoms with Gasteiger partial charge >= 0.3 is 5.69 Å². The highest BCUT2D eigenvalue weighted by atomic mass is 79.9. The fourth-order valence-corrected chi connectivity index (χ4v) is 3.24. The van der Waals surface area contributed by atoms with Crippen LogP contribution in [0.1, 0.15) is 21.5 Å². The number of halogens is 2. The first-order chi connectivity index (χ1) is 12.9. The number of rotatable bonds is 4. The number of amides is 1. The molecule has 0 aliphatic carbocycles. The Balaban J connectivity index is 1.95. The van der Waals surface area contributed by atoms with Crippen LogP contribution in [0.3, 0.4) is 0 Å². The van der Waals surface area contributed by atoms with Gasteiger partial charge in [0, 0.05) is 21.4 Å². The smallest absolute Gasteiger partial charge is 0.322 e. The Kier molecular flexibility index (Phi) is 5.62. The molecule has 0 saturated carbocycles. The first kappa shape index (κ1) is 19.1. The van der Waals surface area contributed by atoms with Crippen LogP contribution in [0.2, 0.25) is 5.02 Å². The molecule has 0 atom stereocenters. The van der Waals surface area contributed by atoms with Gasteiger partial charge in [-0.1, -0.05) is 45.7 Å². The topological polar surface area (TPSA) is 84.0 Å². The standard InChI is InChI=1S/C19H15BrClN3O3/c1-11-8-13(20)6-7-16(11)23-17(25)14-9-22-19(27)24(18(14)26)10-12-4-2-3-5-15(12)21/h2-9H,10H2,1H3,(H,22,27)(H,23,25). The zero-order chi connectivity index (χ0) is 19.6. The number of nitrogens with one attached hydrogen (secondary N) is 2. The van der Waals surface area contributed by atoms with Crippen LogP contribution in [0, 0.1) is 6.92 Å². The molecule has 138 valence electrons. The molecule has 2 aromatic carbocycles. The second-order valence-electron chi connectivity index (χ2n) is 5.90. The van der Waals surface area contributed by atoms with Crippen LogP contribution in [0.25, 0.3) is 0 Å². The van der Waals surface area contributed by atoms with E-state index in [0.29, 0.717) is 16.3 Å². The van der Waals surface area contributed by atoms with Crippen LogP contribution in [0.4, 0.5) is 5.69 Å². The van der Waals surface area contributed by atoms with Gasteiger partial charge in [0.2, 0.25) is 0 Å². The molecule has 0 aliphatic rings. The fraction of sp³-hybridized carbons (Fsp3) is 0.105. The maximum atomic E-state index is 12.7. The predicted molar refractivity (Wildman–Crippen MR) is 109 cm³/mol. The Hall–Kier alpha value is -2.64. The summed E-state index contributed by atoms with van der Waals surface area (Å²) in [6.45, 7) is 1.80. The van der Waals surface area contributed by atoms with Gasteiger partial charge in [-0.15, -0.1) is 0 Å². The Morgan fingerprint density at radius 1 is 1.22 bits per heavy atom. The van der Waals surface area contributed by atoms with Crippen LogP contribution >= 0.6 is 27.5 Å². The minimum atomic E-state index is -0.689. The Morgan fingerprint density at radius 2 is 1.96 bits per heavy atom. The average Bonchev–Trinajstić information content (AvgIpc) is 2.62. The molecule has 1 aromatic heterocycles. The summed E-state index contributed by atoms with van der Waals surface area (Å²) in [5.41, 5.74) is 0.546. The van der Waals surface area contributed by atoms with Crippen molar-refractivity contribution in [3.63, 3.8) is 0 Å². The largest absolute Gasteiger partial charge is 0.328 e. The van der Waals surface area contributed by atoms with Crippen molar-refractivity contribution in [2.24, 2.45) is 0 Å².